The summed E-state index contributed by atoms with van der Waals surface area (Å²) >= 11 is 0. The highest BCUT2D eigenvalue weighted by molar-refractivity contribution is 5.43. The topological polar surface area (TPSA) is 75.2 Å². The molecule has 1 aromatic heterocycles. The Balaban J connectivity index is 1.69. The Morgan fingerprint density at radius 2 is 1.81 bits per heavy atom. The van der Waals surface area contributed by atoms with Crippen molar-refractivity contribution >= 4 is 17.8 Å². The Kier molecular flexibility index (Phi) is 4.69. The fourth-order valence-electron chi connectivity index (χ4n) is 2.91. The second kappa shape index (κ2) is 6.89. The van der Waals surface area contributed by atoms with Crippen LogP contribution in [0.15, 0.2) is 0 Å². The summed E-state index contributed by atoms with van der Waals surface area (Å²) in [6.45, 7) is 4.07. The SMILES string of the molecule is CNc1nc(NCC2CCCC2)nc(N2CCOCC2)n1. The molecule has 2 aliphatic rings. The van der Waals surface area contributed by atoms with Crippen LogP contribution >= 0.6 is 0 Å². The molecule has 21 heavy (non-hydrogen) atoms. The van der Waals surface area contributed by atoms with Crippen molar-refractivity contribution in [2.75, 3.05) is 55.4 Å². The van der Waals surface area contributed by atoms with Crippen molar-refractivity contribution in [2.45, 2.75) is 25.7 Å². The average Bonchev–Trinajstić information content (AvgIpc) is 3.07. The highest BCUT2D eigenvalue weighted by atomic mass is 16.5. The van der Waals surface area contributed by atoms with Crippen molar-refractivity contribution in [3.63, 3.8) is 0 Å². The molecular weight excluding hydrogens is 268 g/mol. The first-order chi connectivity index (χ1) is 10.3. The summed E-state index contributed by atoms with van der Waals surface area (Å²) in [6.07, 6.45) is 5.33. The number of ether oxygens (including phenoxy) is 1. The summed E-state index contributed by atoms with van der Waals surface area (Å²) in [7, 11) is 1.83. The largest absolute Gasteiger partial charge is 0.378 e. The van der Waals surface area contributed by atoms with Crippen LogP contribution in [0.5, 0.6) is 0 Å². The second-order valence-electron chi connectivity index (χ2n) is 5.66. The number of nitrogens with one attached hydrogen (secondary N) is 2. The minimum atomic E-state index is 0.611. The van der Waals surface area contributed by atoms with E-state index < -0.39 is 0 Å². The first-order valence-corrected chi connectivity index (χ1v) is 7.85. The van der Waals surface area contributed by atoms with Crippen molar-refractivity contribution in [3.05, 3.63) is 0 Å². The Hall–Kier alpha value is -1.63. The standard InChI is InChI=1S/C14H24N6O/c1-15-12-17-13(16-10-11-4-2-3-5-11)19-14(18-12)20-6-8-21-9-7-20/h11H,2-10H2,1H3,(H2,15,16,17,18,19). The van der Waals surface area contributed by atoms with Crippen LogP contribution in [0.4, 0.5) is 17.8 Å². The molecule has 0 atom stereocenters. The Labute approximate surface area is 125 Å². The molecule has 1 aromatic rings. The van der Waals surface area contributed by atoms with Crippen LogP contribution in [0, 0.1) is 5.92 Å². The number of rotatable bonds is 5. The highest BCUT2D eigenvalue weighted by Crippen LogP contribution is 2.25. The van der Waals surface area contributed by atoms with Gasteiger partial charge in [-0.05, 0) is 18.8 Å². The van der Waals surface area contributed by atoms with E-state index >= 15 is 0 Å². The quantitative estimate of drug-likeness (QED) is 0.848. The molecule has 1 aliphatic carbocycles. The van der Waals surface area contributed by atoms with Gasteiger partial charge in [-0.2, -0.15) is 15.0 Å². The maximum atomic E-state index is 5.38. The zero-order valence-electron chi connectivity index (χ0n) is 12.6. The van der Waals surface area contributed by atoms with E-state index in [0.717, 1.165) is 44.7 Å². The van der Waals surface area contributed by atoms with Crippen LogP contribution in [0.2, 0.25) is 0 Å². The maximum absolute atomic E-state index is 5.38. The van der Waals surface area contributed by atoms with Crippen LogP contribution in [0.3, 0.4) is 0 Å². The minimum Gasteiger partial charge on any atom is -0.378 e. The zero-order chi connectivity index (χ0) is 14.5. The fourth-order valence-corrected chi connectivity index (χ4v) is 2.91. The fraction of sp³-hybridized carbons (Fsp3) is 0.786. The molecule has 1 saturated heterocycles. The summed E-state index contributed by atoms with van der Waals surface area (Å²) in [6, 6.07) is 0. The lowest BCUT2D eigenvalue weighted by Crippen LogP contribution is -2.37. The summed E-state index contributed by atoms with van der Waals surface area (Å²) < 4.78 is 5.38. The minimum absolute atomic E-state index is 0.611. The van der Waals surface area contributed by atoms with E-state index in [1.807, 2.05) is 7.05 Å². The van der Waals surface area contributed by atoms with Crippen LogP contribution < -0.4 is 15.5 Å². The molecule has 3 rings (SSSR count). The van der Waals surface area contributed by atoms with Gasteiger partial charge in [-0.3, -0.25) is 0 Å². The smallest absolute Gasteiger partial charge is 0.232 e. The number of aromatic nitrogens is 3. The summed E-state index contributed by atoms with van der Waals surface area (Å²) in [4.78, 5) is 15.6. The second-order valence-corrected chi connectivity index (χ2v) is 5.66. The lowest BCUT2D eigenvalue weighted by atomic mass is 10.1. The lowest BCUT2D eigenvalue weighted by Gasteiger charge is -2.27. The van der Waals surface area contributed by atoms with Gasteiger partial charge >= 0.3 is 0 Å². The van der Waals surface area contributed by atoms with Gasteiger partial charge in [0.2, 0.25) is 17.8 Å². The third kappa shape index (κ3) is 3.72. The number of nitrogens with zero attached hydrogens (tertiary/aromatic N) is 4. The Bertz CT molecular complexity index is 457. The van der Waals surface area contributed by atoms with Crippen LogP contribution in [0.25, 0.3) is 0 Å². The van der Waals surface area contributed by atoms with E-state index in [-0.39, 0.29) is 0 Å². The van der Waals surface area contributed by atoms with Gasteiger partial charge < -0.3 is 20.3 Å². The van der Waals surface area contributed by atoms with Gasteiger partial charge in [0.05, 0.1) is 13.2 Å². The van der Waals surface area contributed by atoms with Gasteiger partial charge in [0.1, 0.15) is 0 Å². The molecule has 2 fully saturated rings. The first kappa shape index (κ1) is 14.3. The van der Waals surface area contributed by atoms with Gasteiger partial charge in [-0.15, -0.1) is 0 Å². The summed E-state index contributed by atoms with van der Waals surface area (Å²) in [5.74, 6) is 2.77. The van der Waals surface area contributed by atoms with Crippen molar-refractivity contribution in [1.29, 1.82) is 0 Å². The molecule has 7 nitrogen and oxygen atoms in total. The van der Waals surface area contributed by atoms with E-state index in [1.54, 1.807) is 0 Å². The van der Waals surface area contributed by atoms with E-state index in [2.05, 4.69) is 30.5 Å². The summed E-state index contributed by atoms with van der Waals surface area (Å²) in [5.41, 5.74) is 0. The number of hydrogen-bond acceptors (Lipinski definition) is 7. The highest BCUT2D eigenvalue weighted by Gasteiger charge is 2.18. The molecule has 2 N–H and O–H groups in total. The van der Waals surface area contributed by atoms with Crippen molar-refractivity contribution in [1.82, 2.24) is 15.0 Å². The van der Waals surface area contributed by atoms with Gasteiger partial charge in [-0.25, -0.2) is 0 Å². The van der Waals surface area contributed by atoms with Crippen molar-refractivity contribution < 1.29 is 4.74 Å². The van der Waals surface area contributed by atoms with Crippen LogP contribution in [-0.2, 0) is 4.74 Å². The Morgan fingerprint density at radius 1 is 1.10 bits per heavy atom. The normalized spacial score (nSPS) is 19.8. The van der Waals surface area contributed by atoms with E-state index in [9.17, 15) is 0 Å². The van der Waals surface area contributed by atoms with Crippen molar-refractivity contribution in [3.8, 4) is 0 Å². The number of anilines is 3. The van der Waals surface area contributed by atoms with Crippen molar-refractivity contribution in [2.24, 2.45) is 5.92 Å². The number of hydrogen-bond donors (Lipinski definition) is 2. The molecule has 0 bridgehead atoms. The third-order valence-corrected chi connectivity index (χ3v) is 4.16. The molecule has 0 spiro atoms. The molecule has 7 heteroatoms. The van der Waals surface area contributed by atoms with E-state index in [4.69, 9.17) is 4.74 Å². The lowest BCUT2D eigenvalue weighted by molar-refractivity contribution is 0.122. The predicted octanol–water partition coefficient (Wildman–Crippen LogP) is 1.35. The van der Waals surface area contributed by atoms with Crippen LogP contribution in [0.1, 0.15) is 25.7 Å². The predicted molar refractivity (Wildman–Crippen MR) is 82.9 cm³/mol. The molecule has 0 aromatic carbocycles. The van der Waals surface area contributed by atoms with Gasteiger partial charge in [-0.1, -0.05) is 12.8 Å². The number of morpholine rings is 1. The molecule has 1 aliphatic heterocycles. The Morgan fingerprint density at radius 3 is 2.52 bits per heavy atom. The molecule has 0 amide bonds. The van der Waals surface area contributed by atoms with E-state index in [1.165, 1.54) is 25.7 Å². The van der Waals surface area contributed by atoms with Gasteiger partial charge in [0, 0.05) is 26.7 Å². The first-order valence-electron chi connectivity index (χ1n) is 7.85. The van der Waals surface area contributed by atoms with Gasteiger partial charge in [0.15, 0.2) is 0 Å². The molecule has 1 saturated carbocycles. The average molecular weight is 292 g/mol. The molecule has 2 heterocycles. The molecule has 0 unspecified atom stereocenters. The third-order valence-electron chi connectivity index (χ3n) is 4.16. The zero-order valence-corrected chi connectivity index (χ0v) is 12.6. The maximum Gasteiger partial charge on any atom is 0.232 e. The molecule has 0 radical (unpaired) electrons. The molecule has 116 valence electrons. The van der Waals surface area contributed by atoms with E-state index in [0.29, 0.717) is 11.9 Å². The van der Waals surface area contributed by atoms with Crippen LogP contribution in [-0.4, -0.2) is 54.8 Å². The monoisotopic (exact) mass is 292 g/mol. The van der Waals surface area contributed by atoms with Gasteiger partial charge in [0.25, 0.3) is 0 Å². The summed E-state index contributed by atoms with van der Waals surface area (Å²) in [5, 5.41) is 6.40. The molecular formula is C14H24N6O.